The molecule has 148 valence electrons. The standard InChI is InChI=1S/C21H18N2O6/c1-2-22-21(27)23-19(25)18(13-8-4-3-5-9-13)29-20(26)17-12-15(24)14-10-6-7-11-16(14)28-17/h3-12,18H,2H2,1H3,(H2,22,23,25,27)/t18-/m0/s1. The lowest BCUT2D eigenvalue weighted by Crippen LogP contribution is -2.42. The van der Waals surface area contributed by atoms with Crippen LogP contribution in [0.25, 0.3) is 11.0 Å². The van der Waals surface area contributed by atoms with Crippen LogP contribution in [0.2, 0.25) is 0 Å². The average Bonchev–Trinajstić information content (AvgIpc) is 2.72. The Morgan fingerprint density at radius 1 is 1.03 bits per heavy atom. The molecule has 8 heteroatoms. The van der Waals surface area contributed by atoms with Crippen molar-refractivity contribution in [3.8, 4) is 0 Å². The van der Waals surface area contributed by atoms with Crippen molar-refractivity contribution in [1.29, 1.82) is 0 Å². The van der Waals surface area contributed by atoms with Gasteiger partial charge in [0.15, 0.2) is 5.43 Å². The van der Waals surface area contributed by atoms with Crippen molar-refractivity contribution in [3.63, 3.8) is 0 Å². The highest BCUT2D eigenvalue weighted by Crippen LogP contribution is 2.20. The van der Waals surface area contributed by atoms with Crippen LogP contribution in [0.5, 0.6) is 0 Å². The minimum atomic E-state index is -1.41. The summed E-state index contributed by atoms with van der Waals surface area (Å²) in [6, 6.07) is 14.9. The lowest BCUT2D eigenvalue weighted by molar-refractivity contribution is -0.129. The Labute approximate surface area is 165 Å². The van der Waals surface area contributed by atoms with Crippen molar-refractivity contribution in [3.05, 3.63) is 82.2 Å². The maximum Gasteiger partial charge on any atom is 0.375 e. The fraction of sp³-hybridized carbons (Fsp3) is 0.143. The second-order valence-corrected chi connectivity index (χ2v) is 6.02. The normalized spacial score (nSPS) is 11.5. The van der Waals surface area contributed by atoms with Crippen LogP contribution in [0.15, 0.2) is 69.9 Å². The highest BCUT2D eigenvalue weighted by atomic mass is 16.6. The molecule has 0 spiro atoms. The van der Waals surface area contributed by atoms with Crippen LogP contribution in [0, 0.1) is 0 Å². The molecule has 0 aliphatic heterocycles. The van der Waals surface area contributed by atoms with E-state index in [1.54, 1.807) is 61.5 Å². The highest BCUT2D eigenvalue weighted by Gasteiger charge is 2.28. The zero-order valence-corrected chi connectivity index (χ0v) is 15.5. The molecule has 0 fully saturated rings. The minimum absolute atomic E-state index is 0.218. The number of para-hydroxylation sites is 1. The van der Waals surface area contributed by atoms with E-state index in [0.29, 0.717) is 17.5 Å². The molecule has 3 amide bonds. The van der Waals surface area contributed by atoms with E-state index in [4.69, 9.17) is 9.15 Å². The average molecular weight is 394 g/mol. The number of hydrogen-bond acceptors (Lipinski definition) is 6. The van der Waals surface area contributed by atoms with Crippen molar-refractivity contribution in [1.82, 2.24) is 10.6 Å². The third-order valence-electron chi connectivity index (χ3n) is 3.98. The first-order valence-corrected chi connectivity index (χ1v) is 8.87. The second-order valence-electron chi connectivity index (χ2n) is 6.02. The first kappa shape index (κ1) is 19.8. The first-order chi connectivity index (χ1) is 14.0. The maximum atomic E-state index is 12.6. The Morgan fingerprint density at radius 2 is 1.72 bits per heavy atom. The Bertz CT molecular complexity index is 1110. The van der Waals surface area contributed by atoms with Gasteiger partial charge in [-0.25, -0.2) is 9.59 Å². The van der Waals surface area contributed by atoms with Gasteiger partial charge in [-0.1, -0.05) is 42.5 Å². The maximum absolute atomic E-state index is 12.6. The molecule has 0 aliphatic rings. The third-order valence-corrected chi connectivity index (χ3v) is 3.98. The van der Waals surface area contributed by atoms with E-state index in [-0.39, 0.29) is 11.3 Å². The van der Waals surface area contributed by atoms with Crippen LogP contribution in [-0.4, -0.2) is 24.5 Å². The van der Waals surface area contributed by atoms with Crippen molar-refractivity contribution < 1.29 is 23.5 Å². The highest BCUT2D eigenvalue weighted by molar-refractivity contribution is 5.99. The van der Waals surface area contributed by atoms with Crippen LogP contribution in [-0.2, 0) is 9.53 Å². The molecule has 1 aromatic heterocycles. The summed E-state index contributed by atoms with van der Waals surface area (Å²) >= 11 is 0. The van der Waals surface area contributed by atoms with Crippen LogP contribution < -0.4 is 16.1 Å². The number of benzene rings is 2. The Hall–Kier alpha value is -3.94. The van der Waals surface area contributed by atoms with Gasteiger partial charge in [-0.2, -0.15) is 0 Å². The molecule has 29 heavy (non-hydrogen) atoms. The van der Waals surface area contributed by atoms with Gasteiger partial charge in [0.25, 0.3) is 5.91 Å². The molecule has 3 rings (SSSR count). The number of esters is 1. The molecule has 1 heterocycles. The zero-order chi connectivity index (χ0) is 20.8. The lowest BCUT2D eigenvalue weighted by Gasteiger charge is -2.17. The summed E-state index contributed by atoms with van der Waals surface area (Å²) in [7, 11) is 0. The van der Waals surface area contributed by atoms with E-state index in [1.807, 2.05) is 0 Å². The van der Waals surface area contributed by atoms with E-state index in [1.165, 1.54) is 0 Å². The first-order valence-electron chi connectivity index (χ1n) is 8.87. The fourth-order valence-corrected chi connectivity index (χ4v) is 2.65. The summed E-state index contributed by atoms with van der Waals surface area (Å²) in [5, 5.41) is 4.86. The molecule has 0 saturated heterocycles. The summed E-state index contributed by atoms with van der Waals surface area (Å²) < 4.78 is 10.8. The number of urea groups is 1. The molecule has 0 aliphatic carbocycles. The Kier molecular flexibility index (Phi) is 6.03. The molecule has 2 aromatic carbocycles. The van der Waals surface area contributed by atoms with Crippen molar-refractivity contribution in [2.45, 2.75) is 13.0 Å². The van der Waals surface area contributed by atoms with Gasteiger partial charge in [-0.05, 0) is 19.1 Å². The predicted octanol–water partition coefficient (Wildman–Crippen LogP) is 2.54. The van der Waals surface area contributed by atoms with Gasteiger partial charge in [-0.15, -0.1) is 0 Å². The summed E-state index contributed by atoms with van der Waals surface area (Å²) in [5.41, 5.74) is 0.155. The molecule has 0 unspecified atom stereocenters. The summed E-state index contributed by atoms with van der Waals surface area (Å²) in [6.07, 6.45) is -1.41. The number of nitrogens with one attached hydrogen (secondary N) is 2. The lowest BCUT2D eigenvalue weighted by atomic mass is 10.1. The van der Waals surface area contributed by atoms with Gasteiger partial charge in [0.2, 0.25) is 11.9 Å². The number of rotatable bonds is 5. The van der Waals surface area contributed by atoms with E-state index in [9.17, 15) is 19.2 Å². The van der Waals surface area contributed by atoms with Gasteiger partial charge in [-0.3, -0.25) is 14.9 Å². The summed E-state index contributed by atoms with van der Waals surface area (Å²) in [4.78, 5) is 49.0. The molecule has 8 nitrogen and oxygen atoms in total. The number of carbonyl (C=O) groups excluding carboxylic acids is 3. The van der Waals surface area contributed by atoms with Gasteiger partial charge in [0.1, 0.15) is 5.58 Å². The van der Waals surface area contributed by atoms with Crippen molar-refractivity contribution >= 4 is 28.9 Å². The molecular weight excluding hydrogens is 376 g/mol. The molecule has 3 aromatic rings. The van der Waals surface area contributed by atoms with E-state index in [0.717, 1.165) is 6.07 Å². The molecule has 0 saturated carbocycles. The van der Waals surface area contributed by atoms with Crippen molar-refractivity contribution in [2.75, 3.05) is 6.54 Å². The third kappa shape index (κ3) is 4.67. The molecular formula is C21H18N2O6. The van der Waals surface area contributed by atoms with Crippen molar-refractivity contribution in [2.24, 2.45) is 0 Å². The second kappa shape index (κ2) is 8.83. The summed E-state index contributed by atoms with van der Waals surface area (Å²) in [5.74, 6) is -2.19. The SMILES string of the molecule is CCNC(=O)NC(=O)[C@@H](OC(=O)c1cc(=O)c2ccccc2o1)c1ccccc1. The van der Waals surface area contributed by atoms with Crippen LogP contribution in [0.4, 0.5) is 4.79 Å². The van der Waals surface area contributed by atoms with Crippen LogP contribution >= 0.6 is 0 Å². The molecule has 1 atom stereocenters. The number of amides is 3. The Morgan fingerprint density at radius 3 is 2.45 bits per heavy atom. The number of fused-ring (bicyclic) bond motifs is 1. The zero-order valence-electron chi connectivity index (χ0n) is 15.5. The van der Waals surface area contributed by atoms with E-state index < -0.39 is 29.4 Å². The largest absolute Gasteiger partial charge is 0.449 e. The van der Waals surface area contributed by atoms with Gasteiger partial charge < -0.3 is 14.5 Å². The topological polar surface area (TPSA) is 115 Å². The fourth-order valence-electron chi connectivity index (χ4n) is 2.65. The molecule has 0 bridgehead atoms. The monoisotopic (exact) mass is 394 g/mol. The number of ether oxygens (including phenoxy) is 1. The van der Waals surface area contributed by atoms with E-state index >= 15 is 0 Å². The van der Waals surface area contributed by atoms with Gasteiger partial charge in [0.05, 0.1) is 5.39 Å². The van der Waals surface area contributed by atoms with Crippen LogP contribution in [0.1, 0.15) is 29.1 Å². The minimum Gasteiger partial charge on any atom is -0.449 e. The predicted molar refractivity (Wildman–Crippen MR) is 104 cm³/mol. The van der Waals surface area contributed by atoms with Crippen LogP contribution in [0.3, 0.4) is 0 Å². The molecule has 0 radical (unpaired) electrons. The van der Waals surface area contributed by atoms with E-state index in [2.05, 4.69) is 10.6 Å². The van der Waals surface area contributed by atoms with Gasteiger partial charge >= 0.3 is 12.0 Å². The number of imide groups is 1. The number of carbonyl (C=O) groups is 3. The smallest absolute Gasteiger partial charge is 0.375 e. The Balaban J connectivity index is 1.89. The quantitative estimate of drug-likeness (QED) is 0.643. The number of hydrogen-bond donors (Lipinski definition) is 2. The van der Waals surface area contributed by atoms with Gasteiger partial charge in [0, 0.05) is 18.2 Å². The molecule has 2 N–H and O–H groups in total. The summed E-state index contributed by atoms with van der Waals surface area (Å²) in [6.45, 7) is 2.01.